The number of amides is 1. The van der Waals surface area contributed by atoms with E-state index in [2.05, 4.69) is 6.92 Å². The number of likely N-dealkylation sites (tertiary alicyclic amines) is 1. The molecule has 0 aromatic heterocycles. The van der Waals surface area contributed by atoms with Gasteiger partial charge in [0.05, 0.1) is 13.1 Å². The predicted molar refractivity (Wildman–Crippen MR) is 89.6 cm³/mol. The van der Waals surface area contributed by atoms with Crippen LogP contribution in [0.1, 0.15) is 42.1 Å². The van der Waals surface area contributed by atoms with E-state index in [0.717, 1.165) is 57.6 Å². The summed E-state index contributed by atoms with van der Waals surface area (Å²) in [5, 5.41) is 0. The molecule has 0 N–H and O–H groups in total. The molecule has 2 fully saturated rings. The fraction of sp³-hybridized carbons (Fsp3) is 0.632. The summed E-state index contributed by atoms with van der Waals surface area (Å²) in [6.07, 6.45) is 4.25. The number of aryl methyl sites for hydroxylation is 1. The molecular formula is C19H27NO3. The molecule has 0 bridgehead atoms. The molecule has 4 nitrogen and oxygen atoms in total. The molecule has 0 radical (unpaired) electrons. The molecular weight excluding hydrogens is 290 g/mol. The summed E-state index contributed by atoms with van der Waals surface area (Å²) in [5.74, 6) is 0.783. The first-order valence-electron chi connectivity index (χ1n) is 8.67. The molecule has 2 heterocycles. The molecule has 2 saturated heterocycles. The Labute approximate surface area is 138 Å². The lowest BCUT2D eigenvalue weighted by molar-refractivity contribution is -0.167. The van der Waals surface area contributed by atoms with E-state index in [4.69, 9.17) is 9.47 Å². The Morgan fingerprint density at radius 2 is 2.09 bits per heavy atom. The van der Waals surface area contributed by atoms with Gasteiger partial charge in [-0.3, -0.25) is 4.79 Å². The maximum absolute atomic E-state index is 12.6. The first kappa shape index (κ1) is 16.5. The summed E-state index contributed by atoms with van der Waals surface area (Å²) < 4.78 is 11.2. The zero-order chi connectivity index (χ0) is 16.3. The number of hydrogen-bond donors (Lipinski definition) is 0. The second-order valence-electron chi connectivity index (χ2n) is 6.88. The molecule has 3 rings (SSSR count). The van der Waals surface area contributed by atoms with Crippen LogP contribution in [0.4, 0.5) is 0 Å². The molecule has 1 unspecified atom stereocenters. The van der Waals surface area contributed by atoms with E-state index < -0.39 is 0 Å². The van der Waals surface area contributed by atoms with Crippen molar-refractivity contribution in [2.24, 2.45) is 5.92 Å². The van der Waals surface area contributed by atoms with Crippen LogP contribution >= 0.6 is 0 Å². The fourth-order valence-corrected chi connectivity index (χ4v) is 3.74. The molecule has 23 heavy (non-hydrogen) atoms. The van der Waals surface area contributed by atoms with Crippen molar-refractivity contribution < 1.29 is 14.3 Å². The molecule has 1 amide bonds. The molecule has 126 valence electrons. The van der Waals surface area contributed by atoms with Crippen molar-refractivity contribution in [3.8, 4) is 0 Å². The van der Waals surface area contributed by atoms with Crippen LogP contribution in [0, 0.1) is 5.92 Å². The predicted octanol–water partition coefficient (Wildman–Crippen LogP) is 2.91. The minimum Gasteiger partial charge on any atom is -0.385 e. The largest absolute Gasteiger partial charge is 0.385 e. The number of methoxy groups -OCH3 is 1. The van der Waals surface area contributed by atoms with Gasteiger partial charge in [-0.05, 0) is 49.3 Å². The summed E-state index contributed by atoms with van der Waals surface area (Å²) in [4.78, 5) is 14.5. The van der Waals surface area contributed by atoms with Crippen LogP contribution in [-0.2, 0) is 15.9 Å². The summed E-state index contributed by atoms with van der Waals surface area (Å²) >= 11 is 0. The van der Waals surface area contributed by atoms with Gasteiger partial charge in [0.25, 0.3) is 5.91 Å². The van der Waals surface area contributed by atoms with Gasteiger partial charge in [0.1, 0.15) is 5.60 Å². The van der Waals surface area contributed by atoms with Gasteiger partial charge in [-0.1, -0.05) is 19.1 Å². The van der Waals surface area contributed by atoms with E-state index in [1.165, 1.54) is 5.56 Å². The monoisotopic (exact) mass is 317 g/mol. The third-order valence-corrected chi connectivity index (χ3v) is 5.18. The molecule has 2 aliphatic rings. The lowest BCUT2D eigenvalue weighted by Gasteiger charge is -2.53. The van der Waals surface area contributed by atoms with Gasteiger partial charge < -0.3 is 14.4 Å². The maximum Gasteiger partial charge on any atom is 0.254 e. The molecule has 2 aliphatic heterocycles. The number of ether oxygens (including phenoxy) is 2. The van der Waals surface area contributed by atoms with E-state index in [9.17, 15) is 4.79 Å². The highest BCUT2D eigenvalue weighted by molar-refractivity contribution is 5.95. The third kappa shape index (κ3) is 3.59. The zero-order valence-corrected chi connectivity index (χ0v) is 14.2. The van der Waals surface area contributed by atoms with Crippen molar-refractivity contribution in [2.45, 2.75) is 38.2 Å². The number of rotatable bonds is 5. The Morgan fingerprint density at radius 1 is 1.35 bits per heavy atom. The van der Waals surface area contributed by atoms with Crippen LogP contribution in [0.15, 0.2) is 24.3 Å². The van der Waals surface area contributed by atoms with Gasteiger partial charge in [-0.15, -0.1) is 0 Å². The number of hydrogen-bond acceptors (Lipinski definition) is 3. The third-order valence-electron chi connectivity index (χ3n) is 5.18. The van der Waals surface area contributed by atoms with Crippen LogP contribution in [0.25, 0.3) is 0 Å². The number of carbonyl (C=O) groups is 1. The maximum atomic E-state index is 12.6. The molecule has 0 saturated carbocycles. The van der Waals surface area contributed by atoms with Gasteiger partial charge in [0.2, 0.25) is 0 Å². The highest BCUT2D eigenvalue weighted by atomic mass is 16.5. The topological polar surface area (TPSA) is 38.8 Å². The highest BCUT2D eigenvalue weighted by Crippen LogP contribution is 2.38. The number of carbonyl (C=O) groups excluding carboxylic acids is 1. The van der Waals surface area contributed by atoms with Gasteiger partial charge in [-0.25, -0.2) is 0 Å². The van der Waals surface area contributed by atoms with Crippen LogP contribution in [0.2, 0.25) is 0 Å². The summed E-state index contributed by atoms with van der Waals surface area (Å²) in [7, 11) is 1.75. The Morgan fingerprint density at radius 3 is 2.74 bits per heavy atom. The minimum absolute atomic E-state index is 0.102. The van der Waals surface area contributed by atoms with Gasteiger partial charge in [0, 0.05) is 25.9 Å². The average Bonchev–Trinajstić information content (AvgIpc) is 2.57. The normalized spacial score (nSPS) is 22.9. The minimum atomic E-state index is -0.102. The number of nitrogens with zero attached hydrogens (tertiary/aromatic N) is 1. The summed E-state index contributed by atoms with van der Waals surface area (Å²) in [6.45, 7) is 5.20. The van der Waals surface area contributed by atoms with Crippen molar-refractivity contribution in [2.75, 3.05) is 33.4 Å². The van der Waals surface area contributed by atoms with Crippen molar-refractivity contribution in [3.63, 3.8) is 0 Å². The van der Waals surface area contributed by atoms with E-state index in [0.29, 0.717) is 5.92 Å². The highest BCUT2D eigenvalue weighted by Gasteiger charge is 2.49. The average molecular weight is 317 g/mol. The number of benzene rings is 1. The van der Waals surface area contributed by atoms with Crippen LogP contribution in [0.3, 0.4) is 0 Å². The van der Waals surface area contributed by atoms with Crippen molar-refractivity contribution in [1.82, 2.24) is 4.90 Å². The Balaban J connectivity index is 1.55. The smallest absolute Gasteiger partial charge is 0.254 e. The zero-order valence-electron chi connectivity index (χ0n) is 14.2. The van der Waals surface area contributed by atoms with E-state index in [-0.39, 0.29) is 11.5 Å². The molecule has 1 aromatic carbocycles. The Bertz CT molecular complexity index is 534. The van der Waals surface area contributed by atoms with Gasteiger partial charge in [0.15, 0.2) is 0 Å². The van der Waals surface area contributed by atoms with Crippen LogP contribution < -0.4 is 0 Å². The fourth-order valence-electron chi connectivity index (χ4n) is 3.74. The SMILES string of the molecule is CCc1ccc(C(=O)N2CC3(CC(CCOC)CCO3)C2)cc1. The Kier molecular flexibility index (Phi) is 5.02. The Hall–Kier alpha value is -1.39. The first-order valence-corrected chi connectivity index (χ1v) is 8.67. The molecule has 0 aliphatic carbocycles. The molecule has 1 atom stereocenters. The van der Waals surface area contributed by atoms with Crippen LogP contribution in [0.5, 0.6) is 0 Å². The second-order valence-corrected chi connectivity index (χ2v) is 6.88. The quantitative estimate of drug-likeness (QED) is 0.838. The van der Waals surface area contributed by atoms with E-state index >= 15 is 0 Å². The lowest BCUT2D eigenvalue weighted by atomic mass is 9.79. The van der Waals surface area contributed by atoms with Crippen molar-refractivity contribution in [3.05, 3.63) is 35.4 Å². The first-order chi connectivity index (χ1) is 11.2. The molecule has 1 aromatic rings. The van der Waals surface area contributed by atoms with Crippen molar-refractivity contribution >= 4 is 5.91 Å². The standard InChI is InChI=1S/C19H27NO3/c1-3-15-4-6-17(7-5-15)18(21)20-13-19(14-20)12-16(8-10-22-2)9-11-23-19/h4-7,16H,3,8-14H2,1-2H3. The molecule has 4 heteroatoms. The lowest BCUT2D eigenvalue weighted by Crippen LogP contribution is -2.66. The van der Waals surface area contributed by atoms with E-state index in [1.807, 2.05) is 29.2 Å². The summed E-state index contributed by atoms with van der Waals surface area (Å²) in [6, 6.07) is 7.96. The summed E-state index contributed by atoms with van der Waals surface area (Å²) in [5.41, 5.74) is 1.94. The van der Waals surface area contributed by atoms with Crippen molar-refractivity contribution in [1.29, 1.82) is 0 Å². The second kappa shape index (κ2) is 7.02. The van der Waals surface area contributed by atoms with Gasteiger partial charge >= 0.3 is 0 Å². The van der Waals surface area contributed by atoms with Crippen LogP contribution in [-0.4, -0.2) is 49.8 Å². The van der Waals surface area contributed by atoms with E-state index in [1.54, 1.807) is 7.11 Å². The molecule has 1 spiro atoms. The van der Waals surface area contributed by atoms with Gasteiger partial charge in [-0.2, -0.15) is 0 Å².